The minimum Gasteiger partial charge on any atom is -0.387 e. The highest BCUT2D eigenvalue weighted by molar-refractivity contribution is 7.08. The third-order valence-corrected chi connectivity index (χ3v) is 3.70. The molecule has 0 spiro atoms. The Kier molecular flexibility index (Phi) is 2.87. The summed E-state index contributed by atoms with van der Waals surface area (Å²) in [7, 11) is 0. The van der Waals surface area contributed by atoms with Crippen LogP contribution in [0.4, 0.5) is 5.69 Å². The Bertz CT molecular complexity index is 335. The van der Waals surface area contributed by atoms with E-state index in [2.05, 4.69) is 22.7 Å². The molecule has 0 saturated heterocycles. The number of rotatable bonds is 2. The second-order valence-electron chi connectivity index (χ2n) is 3.96. The Labute approximate surface area is 88.9 Å². The Morgan fingerprint density at radius 2 is 2.14 bits per heavy atom. The number of aliphatic imine (C=N–C) groups is 1. The van der Waals surface area contributed by atoms with Crippen molar-refractivity contribution in [1.29, 1.82) is 0 Å². The molecule has 0 unspecified atom stereocenters. The summed E-state index contributed by atoms with van der Waals surface area (Å²) in [4.78, 5) is 4.51. The molecule has 1 saturated carbocycles. The molecule has 1 heterocycles. The van der Waals surface area contributed by atoms with Gasteiger partial charge in [-0.15, -0.1) is 11.3 Å². The summed E-state index contributed by atoms with van der Waals surface area (Å²) in [5.41, 5.74) is 8.28. The molecule has 0 radical (unpaired) electrons. The van der Waals surface area contributed by atoms with Crippen LogP contribution in [0.3, 0.4) is 0 Å². The second kappa shape index (κ2) is 4.13. The molecule has 3 heteroatoms. The van der Waals surface area contributed by atoms with Gasteiger partial charge < -0.3 is 5.73 Å². The SMILES string of the molecule is Cc1cscc1N=C(N)C1CCCC1. The Balaban J connectivity index is 2.13. The van der Waals surface area contributed by atoms with Gasteiger partial charge in [-0.3, -0.25) is 0 Å². The zero-order valence-electron chi connectivity index (χ0n) is 8.49. The number of hydrogen-bond donors (Lipinski definition) is 1. The van der Waals surface area contributed by atoms with Crippen molar-refractivity contribution in [2.24, 2.45) is 16.6 Å². The number of amidine groups is 1. The minimum atomic E-state index is 0.536. The number of nitrogens with zero attached hydrogens (tertiary/aromatic N) is 1. The van der Waals surface area contributed by atoms with E-state index in [4.69, 9.17) is 5.73 Å². The van der Waals surface area contributed by atoms with E-state index >= 15 is 0 Å². The van der Waals surface area contributed by atoms with Crippen molar-refractivity contribution in [2.75, 3.05) is 0 Å². The Morgan fingerprint density at radius 3 is 2.71 bits per heavy atom. The van der Waals surface area contributed by atoms with Gasteiger partial charge in [0.1, 0.15) is 5.84 Å². The molecule has 1 aliphatic rings. The lowest BCUT2D eigenvalue weighted by Crippen LogP contribution is -2.20. The van der Waals surface area contributed by atoms with Crippen LogP contribution in [0, 0.1) is 12.8 Å². The first-order chi connectivity index (χ1) is 6.77. The minimum absolute atomic E-state index is 0.536. The zero-order chi connectivity index (χ0) is 9.97. The highest BCUT2D eigenvalue weighted by Gasteiger charge is 2.18. The Hall–Kier alpha value is -0.830. The predicted molar refractivity (Wildman–Crippen MR) is 62.3 cm³/mol. The van der Waals surface area contributed by atoms with Crippen LogP contribution < -0.4 is 5.73 Å². The zero-order valence-corrected chi connectivity index (χ0v) is 9.31. The number of hydrogen-bond acceptors (Lipinski definition) is 2. The number of aryl methyl sites for hydroxylation is 1. The van der Waals surface area contributed by atoms with Gasteiger partial charge in [0.2, 0.25) is 0 Å². The smallest absolute Gasteiger partial charge is 0.103 e. The van der Waals surface area contributed by atoms with Crippen molar-refractivity contribution < 1.29 is 0 Å². The third-order valence-electron chi connectivity index (χ3n) is 2.85. The quantitative estimate of drug-likeness (QED) is 0.588. The summed E-state index contributed by atoms with van der Waals surface area (Å²) in [5, 5.41) is 4.18. The lowest BCUT2D eigenvalue weighted by atomic mass is 10.1. The van der Waals surface area contributed by atoms with E-state index in [0.717, 1.165) is 11.5 Å². The van der Waals surface area contributed by atoms with E-state index in [1.165, 1.54) is 31.2 Å². The van der Waals surface area contributed by atoms with Gasteiger partial charge in [0.15, 0.2) is 0 Å². The van der Waals surface area contributed by atoms with Gasteiger partial charge in [-0.1, -0.05) is 12.8 Å². The van der Waals surface area contributed by atoms with Gasteiger partial charge in [-0.2, -0.15) is 0 Å². The van der Waals surface area contributed by atoms with Crippen LogP contribution in [0.5, 0.6) is 0 Å². The van der Waals surface area contributed by atoms with Gasteiger partial charge in [0.25, 0.3) is 0 Å². The summed E-state index contributed by atoms with van der Waals surface area (Å²) in [6.07, 6.45) is 5.06. The molecule has 0 aliphatic heterocycles. The van der Waals surface area contributed by atoms with Crippen molar-refractivity contribution in [3.05, 3.63) is 16.3 Å². The molecule has 0 bridgehead atoms. The van der Waals surface area contributed by atoms with E-state index in [1.807, 2.05) is 0 Å². The summed E-state index contributed by atoms with van der Waals surface area (Å²) >= 11 is 1.69. The fourth-order valence-corrected chi connectivity index (χ4v) is 2.68. The second-order valence-corrected chi connectivity index (χ2v) is 4.70. The van der Waals surface area contributed by atoms with Crippen molar-refractivity contribution in [3.8, 4) is 0 Å². The molecule has 14 heavy (non-hydrogen) atoms. The molecule has 0 amide bonds. The monoisotopic (exact) mass is 208 g/mol. The molecular weight excluding hydrogens is 192 g/mol. The summed E-state index contributed by atoms with van der Waals surface area (Å²) in [6.45, 7) is 2.08. The van der Waals surface area contributed by atoms with Gasteiger partial charge in [0, 0.05) is 11.3 Å². The summed E-state index contributed by atoms with van der Waals surface area (Å²) < 4.78 is 0. The fourth-order valence-electron chi connectivity index (χ4n) is 1.92. The van der Waals surface area contributed by atoms with Crippen LogP contribution in [0.2, 0.25) is 0 Å². The van der Waals surface area contributed by atoms with Crippen LogP contribution in [0.1, 0.15) is 31.2 Å². The largest absolute Gasteiger partial charge is 0.387 e. The fraction of sp³-hybridized carbons (Fsp3) is 0.545. The molecular formula is C11H16N2S. The first-order valence-corrected chi connectivity index (χ1v) is 6.08. The average molecular weight is 208 g/mol. The van der Waals surface area contributed by atoms with E-state index in [1.54, 1.807) is 11.3 Å². The van der Waals surface area contributed by atoms with Gasteiger partial charge in [0.05, 0.1) is 5.69 Å². The maximum Gasteiger partial charge on any atom is 0.103 e. The van der Waals surface area contributed by atoms with E-state index < -0.39 is 0 Å². The molecule has 1 aromatic heterocycles. The molecule has 76 valence electrons. The first-order valence-electron chi connectivity index (χ1n) is 5.14. The predicted octanol–water partition coefficient (Wildman–Crippen LogP) is 3.24. The summed E-state index contributed by atoms with van der Waals surface area (Å²) in [6, 6.07) is 0. The molecule has 1 aliphatic carbocycles. The van der Waals surface area contributed by atoms with Crippen LogP contribution in [-0.2, 0) is 0 Å². The average Bonchev–Trinajstić information content (AvgIpc) is 2.77. The van der Waals surface area contributed by atoms with E-state index in [-0.39, 0.29) is 0 Å². The summed E-state index contributed by atoms with van der Waals surface area (Å²) in [5.74, 6) is 1.37. The highest BCUT2D eigenvalue weighted by atomic mass is 32.1. The van der Waals surface area contributed by atoms with E-state index in [9.17, 15) is 0 Å². The molecule has 0 atom stereocenters. The van der Waals surface area contributed by atoms with Crippen molar-refractivity contribution in [2.45, 2.75) is 32.6 Å². The molecule has 1 aromatic rings. The standard InChI is InChI=1S/C11H16N2S/c1-8-6-14-7-10(8)13-11(12)9-4-2-3-5-9/h6-7,9H,2-5H2,1H3,(H2,12,13). The topological polar surface area (TPSA) is 38.4 Å². The van der Waals surface area contributed by atoms with Crippen molar-refractivity contribution >= 4 is 22.9 Å². The highest BCUT2D eigenvalue weighted by Crippen LogP contribution is 2.28. The van der Waals surface area contributed by atoms with Gasteiger partial charge in [-0.25, -0.2) is 4.99 Å². The molecule has 2 rings (SSSR count). The van der Waals surface area contributed by atoms with Gasteiger partial charge in [-0.05, 0) is 30.7 Å². The number of nitrogens with two attached hydrogens (primary N) is 1. The lowest BCUT2D eigenvalue weighted by Gasteiger charge is -2.07. The molecule has 2 N–H and O–H groups in total. The first kappa shape index (κ1) is 9.71. The van der Waals surface area contributed by atoms with Crippen LogP contribution in [-0.4, -0.2) is 5.84 Å². The Morgan fingerprint density at radius 1 is 1.43 bits per heavy atom. The number of thiophene rings is 1. The maximum atomic E-state index is 5.99. The van der Waals surface area contributed by atoms with E-state index in [0.29, 0.717) is 5.92 Å². The molecule has 1 fully saturated rings. The lowest BCUT2D eigenvalue weighted by molar-refractivity contribution is 0.722. The maximum absolute atomic E-state index is 5.99. The van der Waals surface area contributed by atoms with Gasteiger partial charge >= 0.3 is 0 Å². The third kappa shape index (κ3) is 1.98. The van der Waals surface area contributed by atoms with Crippen molar-refractivity contribution in [1.82, 2.24) is 0 Å². The molecule has 2 nitrogen and oxygen atoms in total. The normalized spacial score (nSPS) is 19.1. The van der Waals surface area contributed by atoms with Crippen LogP contribution in [0.25, 0.3) is 0 Å². The van der Waals surface area contributed by atoms with Crippen molar-refractivity contribution in [3.63, 3.8) is 0 Å². The van der Waals surface area contributed by atoms with Crippen LogP contribution in [0.15, 0.2) is 15.8 Å². The molecule has 0 aromatic carbocycles. The van der Waals surface area contributed by atoms with Crippen LogP contribution >= 0.6 is 11.3 Å².